The summed E-state index contributed by atoms with van der Waals surface area (Å²) in [4.78, 5) is 17.4. The number of amidine groups is 1. The van der Waals surface area contributed by atoms with Crippen molar-refractivity contribution in [1.82, 2.24) is 0 Å². The predicted molar refractivity (Wildman–Crippen MR) is 124 cm³/mol. The van der Waals surface area contributed by atoms with Gasteiger partial charge >= 0.3 is 5.97 Å². The molecule has 0 saturated carbocycles. The van der Waals surface area contributed by atoms with Gasteiger partial charge in [-0.1, -0.05) is 64.2 Å². The number of nitrogens with zero attached hydrogens (tertiary/aromatic N) is 1. The summed E-state index contributed by atoms with van der Waals surface area (Å²) in [5.41, 5.74) is 14.7. The highest BCUT2D eigenvalue weighted by Gasteiger charge is 2.13. The molecule has 0 saturated heterocycles. The second-order valence-corrected chi connectivity index (χ2v) is 7.81. The molecule has 4 N–H and O–H groups in total. The predicted octanol–water partition coefficient (Wildman–Crippen LogP) is 5.59. The van der Waals surface area contributed by atoms with Crippen LogP contribution in [0.2, 0.25) is 15.1 Å². The number of ether oxygens (including phenoxy) is 1. The molecule has 0 radical (unpaired) electrons. The van der Waals surface area contributed by atoms with E-state index in [2.05, 4.69) is 5.16 Å². The smallest absolute Gasteiger partial charge is 0.365 e. The van der Waals surface area contributed by atoms with E-state index in [0.717, 1.165) is 5.56 Å². The summed E-state index contributed by atoms with van der Waals surface area (Å²) >= 11 is 18.1. The van der Waals surface area contributed by atoms with E-state index < -0.39 is 5.97 Å². The van der Waals surface area contributed by atoms with Crippen LogP contribution in [0.4, 0.5) is 5.69 Å². The molecule has 160 valence electrons. The SMILES string of the molecule is Cc1c(N)cccc1/C(N)=N/OC(=O)c1cccc(COc2c(Cl)cc(Cl)cc2Cl)c1. The van der Waals surface area contributed by atoms with Crippen LogP contribution in [0, 0.1) is 6.92 Å². The number of carbonyl (C=O) groups excluding carboxylic acids is 1. The number of nitrogens with two attached hydrogens (primary N) is 2. The fourth-order valence-corrected chi connectivity index (χ4v) is 3.66. The fourth-order valence-electron chi connectivity index (χ4n) is 2.73. The lowest BCUT2D eigenvalue weighted by Gasteiger charge is -2.11. The van der Waals surface area contributed by atoms with E-state index in [1.807, 2.05) is 0 Å². The molecular formula is C22H18Cl3N3O3. The molecule has 0 aliphatic carbocycles. The molecule has 0 heterocycles. The number of carbonyl (C=O) groups is 1. The topological polar surface area (TPSA) is 99.9 Å². The number of hydrogen-bond acceptors (Lipinski definition) is 5. The van der Waals surface area contributed by atoms with Crippen molar-refractivity contribution < 1.29 is 14.4 Å². The van der Waals surface area contributed by atoms with Crippen molar-refractivity contribution in [2.24, 2.45) is 10.9 Å². The van der Waals surface area contributed by atoms with Gasteiger partial charge in [0.05, 0.1) is 15.6 Å². The van der Waals surface area contributed by atoms with Gasteiger partial charge < -0.3 is 21.0 Å². The number of halogens is 3. The molecule has 0 spiro atoms. The van der Waals surface area contributed by atoms with Crippen molar-refractivity contribution in [3.63, 3.8) is 0 Å². The van der Waals surface area contributed by atoms with Gasteiger partial charge in [-0.3, -0.25) is 0 Å². The minimum atomic E-state index is -0.672. The number of hydrogen-bond donors (Lipinski definition) is 2. The van der Waals surface area contributed by atoms with Gasteiger partial charge in [0.15, 0.2) is 11.6 Å². The molecule has 3 rings (SSSR count). The summed E-state index contributed by atoms with van der Waals surface area (Å²) in [5, 5.41) is 4.71. The third-order valence-corrected chi connectivity index (χ3v) is 5.17. The molecule has 0 bridgehead atoms. The average Bonchev–Trinajstić information content (AvgIpc) is 2.73. The van der Waals surface area contributed by atoms with Gasteiger partial charge in [0.2, 0.25) is 0 Å². The van der Waals surface area contributed by atoms with Crippen LogP contribution in [0.15, 0.2) is 59.8 Å². The molecule has 3 aromatic carbocycles. The Hall–Kier alpha value is -2.93. The maximum atomic E-state index is 12.4. The second kappa shape index (κ2) is 9.92. The largest absolute Gasteiger partial charge is 0.486 e. The third kappa shape index (κ3) is 5.61. The summed E-state index contributed by atoms with van der Waals surface area (Å²) in [7, 11) is 0. The molecule has 31 heavy (non-hydrogen) atoms. The Bertz CT molecular complexity index is 1140. The van der Waals surface area contributed by atoms with Gasteiger partial charge in [-0.2, -0.15) is 0 Å². The Kier molecular flexibility index (Phi) is 7.28. The van der Waals surface area contributed by atoms with Gasteiger partial charge in [-0.25, -0.2) is 4.79 Å². The summed E-state index contributed by atoms with van der Waals surface area (Å²) in [6.45, 7) is 1.92. The highest BCUT2D eigenvalue weighted by molar-refractivity contribution is 6.40. The second-order valence-electron chi connectivity index (χ2n) is 6.56. The van der Waals surface area contributed by atoms with E-state index in [0.29, 0.717) is 27.6 Å². The summed E-state index contributed by atoms with van der Waals surface area (Å²) in [6, 6.07) is 15.0. The quantitative estimate of drug-likeness (QED) is 0.158. The molecule has 0 unspecified atom stereocenters. The lowest BCUT2D eigenvalue weighted by atomic mass is 10.1. The van der Waals surface area contributed by atoms with Crippen molar-refractivity contribution in [3.05, 3.63) is 91.9 Å². The van der Waals surface area contributed by atoms with Crippen LogP contribution >= 0.6 is 34.8 Å². The van der Waals surface area contributed by atoms with Crippen LogP contribution in [0.5, 0.6) is 5.75 Å². The van der Waals surface area contributed by atoms with Gasteiger partial charge in [0.1, 0.15) is 6.61 Å². The van der Waals surface area contributed by atoms with E-state index in [1.54, 1.807) is 49.4 Å². The van der Waals surface area contributed by atoms with Crippen molar-refractivity contribution in [1.29, 1.82) is 0 Å². The van der Waals surface area contributed by atoms with Crippen LogP contribution in [-0.4, -0.2) is 11.8 Å². The maximum Gasteiger partial charge on any atom is 0.365 e. The zero-order valence-electron chi connectivity index (χ0n) is 16.4. The lowest BCUT2D eigenvalue weighted by molar-refractivity contribution is 0.0516. The summed E-state index contributed by atoms with van der Waals surface area (Å²) in [5.74, 6) is -0.325. The van der Waals surface area contributed by atoms with Crippen LogP contribution in [0.1, 0.15) is 27.0 Å². The average molecular weight is 479 g/mol. The number of benzene rings is 3. The first-order valence-electron chi connectivity index (χ1n) is 9.03. The standard InChI is InChI=1S/C22H18Cl3N3O3/c1-12-16(6-3-7-19(12)26)21(27)28-31-22(29)14-5-2-4-13(8-14)11-30-20-17(24)9-15(23)10-18(20)25/h2-10H,11,26H2,1H3,(H2,27,28). The van der Waals surface area contributed by atoms with E-state index in [9.17, 15) is 4.79 Å². The Morgan fingerprint density at radius 1 is 1.03 bits per heavy atom. The number of nitrogen functional groups attached to an aromatic ring is 1. The van der Waals surface area contributed by atoms with E-state index in [-0.39, 0.29) is 28.1 Å². The van der Waals surface area contributed by atoms with Gasteiger partial charge in [0.25, 0.3) is 0 Å². The first-order valence-corrected chi connectivity index (χ1v) is 10.2. The van der Waals surface area contributed by atoms with E-state index >= 15 is 0 Å². The molecular weight excluding hydrogens is 461 g/mol. The molecule has 6 nitrogen and oxygen atoms in total. The van der Waals surface area contributed by atoms with Crippen LogP contribution in [-0.2, 0) is 11.4 Å². The number of rotatable bonds is 6. The van der Waals surface area contributed by atoms with Crippen molar-refractivity contribution in [2.45, 2.75) is 13.5 Å². The third-order valence-electron chi connectivity index (χ3n) is 4.39. The molecule has 9 heteroatoms. The number of oxime groups is 1. The van der Waals surface area contributed by atoms with E-state index in [4.69, 9.17) is 55.8 Å². The minimum absolute atomic E-state index is 0.0460. The van der Waals surface area contributed by atoms with Gasteiger partial charge in [-0.05, 0) is 48.4 Å². The highest BCUT2D eigenvalue weighted by Crippen LogP contribution is 2.36. The van der Waals surface area contributed by atoms with Crippen molar-refractivity contribution in [3.8, 4) is 5.75 Å². The molecule has 0 fully saturated rings. The zero-order chi connectivity index (χ0) is 22.5. The monoisotopic (exact) mass is 477 g/mol. The molecule has 3 aromatic rings. The molecule has 0 atom stereocenters. The molecule has 0 amide bonds. The fraction of sp³-hybridized carbons (Fsp3) is 0.0909. The van der Waals surface area contributed by atoms with E-state index in [1.165, 1.54) is 12.1 Å². The molecule has 0 aromatic heterocycles. The summed E-state index contributed by atoms with van der Waals surface area (Å²) < 4.78 is 5.69. The van der Waals surface area contributed by atoms with Crippen molar-refractivity contribution in [2.75, 3.05) is 5.73 Å². The van der Waals surface area contributed by atoms with Crippen LogP contribution < -0.4 is 16.2 Å². The first kappa shape index (κ1) is 22.7. The van der Waals surface area contributed by atoms with Crippen LogP contribution in [0.3, 0.4) is 0 Å². The highest BCUT2D eigenvalue weighted by atomic mass is 35.5. The minimum Gasteiger partial charge on any atom is -0.486 e. The molecule has 0 aliphatic rings. The van der Waals surface area contributed by atoms with Gasteiger partial charge in [0, 0.05) is 16.3 Å². The zero-order valence-corrected chi connectivity index (χ0v) is 18.6. The Balaban J connectivity index is 1.70. The Morgan fingerprint density at radius 2 is 1.71 bits per heavy atom. The Morgan fingerprint density at radius 3 is 2.42 bits per heavy atom. The van der Waals surface area contributed by atoms with Crippen LogP contribution in [0.25, 0.3) is 0 Å². The normalized spacial score (nSPS) is 11.3. The summed E-state index contributed by atoms with van der Waals surface area (Å²) in [6.07, 6.45) is 0. The first-order chi connectivity index (χ1) is 14.8. The Labute approximate surface area is 194 Å². The molecule has 0 aliphatic heterocycles. The van der Waals surface area contributed by atoms with Crippen molar-refractivity contribution >= 4 is 52.3 Å². The van der Waals surface area contributed by atoms with Gasteiger partial charge in [-0.15, -0.1) is 0 Å². The maximum absolute atomic E-state index is 12.4. The lowest BCUT2D eigenvalue weighted by Crippen LogP contribution is -2.17. The number of anilines is 1.